The van der Waals surface area contributed by atoms with E-state index in [1.807, 2.05) is 6.92 Å². The zero-order valence-corrected chi connectivity index (χ0v) is 14.5. The number of nitrogens with one attached hydrogen (secondary N) is 1. The zero-order chi connectivity index (χ0) is 17.2. The number of amidine groups is 1. The van der Waals surface area contributed by atoms with E-state index in [-0.39, 0.29) is 19.0 Å². The van der Waals surface area contributed by atoms with Gasteiger partial charge in [0, 0.05) is 6.42 Å². The van der Waals surface area contributed by atoms with Gasteiger partial charge in [0.1, 0.15) is 11.6 Å². The second-order valence-corrected chi connectivity index (χ2v) is 7.30. The fourth-order valence-corrected chi connectivity index (χ4v) is 3.73. The van der Waals surface area contributed by atoms with Crippen molar-refractivity contribution >= 4 is 25.0 Å². The highest BCUT2D eigenvalue weighted by molar-refractivity contribution is 7.57. The Kier molecular flexibility index (Phi) is 10.1. The van der Waals surface area contributed by atoms with Crippen molar-refractivity contribution in [1.82, 2.24) is 0 Å². The summed E-state index contributed by atoms with van der Waals surface area (Å²) in [6, 6.07) is 0. The van der Waals surface area contributed by atoms with Gasteiger partial charge in [0.2, 0.25) is 0 Å². The van der Waals surface area contributed by atoms with E-state index in [1.165, 1.54) is 13.8 Å². The van der Waals surface area contributed by atoms with Crippen molar-refractivity contribution in [2.24, 2.45) is 5.73 Å². The normalized spacial score (nSPS) is 15.0. The molecule has 0 aromatic rings. The van der Waals surface area contributed by atoms with Gasteiger partial charge in [-0.1, -0.05) is 13.3 Å². The number of hydrogen-bond acceptors (Lipinski definition) is 6. The van der Waals surface area contributed by atoms with E-state index in [9.17, 15) is 14.2 Å². The minimum absolute atomic E-state index is 0.0766. The molecule has 7 nitrogen and oxygen atoms in total. The molecule has 2 atom stereocenters. The Hall–Kier alpha value is -1.04. The third kappa shape index (κ3) is 7.82. The number of nitrogens with two attached hydrogens (primary N) is 1. The molecule has 128 valence electrons. The summed E-state index contributed by atoms with van der Waals surface area (Å²) in [5.74, 6) is -0.958. The molecular formula is C14H27N2O5P. The van der Waals surface area contributed by atoms with Gasteiger partial charge >= 0.3 is 7.60 Å². The van der Waals surface area contributed by atoms with E-state index in [0.29, 0.717) is 25.7 Å². The Balaban J connectivity index is 4.78. The predicted octanol–water partition coefficient (Wildman–Crippen LogP) is 2.67. The molecule has 0 fully saturated rings. The Bertz CT molecular complexity index is 425. The Morgan fingerprint density at radius 1 is 1.14 bits per heavy atom. The van der Waals surface area contributed by atoms with Crippen molar-refractivity contribution in [2.75, 3.05) is 13.2 Å². The van der Waals surface area contributed by atoms with Gasteiger partial charge in [-0.2, -0.15) is 0 Å². The van der Waals surface area contributed by atoms with Crippen molar-refractivity contribution in [3.05, 3.63) is 0 Å². The highest BCUT2D eigenvalue weighted by Gasteiger charge is 2.41. The second kappa shape index (κ2) is 10.6. The molecule has 0 rings (SSSR count). The lowest BCUT2D eigenvalue weighted by atomic mass is 10.2. The molecule has 0 saturated heterocycles. The van der Waals surface area contributed by atoms with Gasteiger partial charge in [-0.3, -0.25) is 14.8 Å². The molecule has 0 aromatic heterocycles. The predicted molar refractivity (Wildman–Crippen MR) is 85.3 cm³/mol. The summed E-state index contributed by atoms with van der Waals surface area (Å²) in [7, 11) is -3.82. The summed E-state index contributed by atoms with van der Waals surface area (Å²) in [6.07, 6.45) is 3.05. The molecule has 0 radical (unpaired) electrons. The van der Waals surface area contributed by atoms with Crippen LogP contribution in [0.3, 0.4) is 0 Å². The highest BCUT2D eigenvalue weighted by atomic mass is 31.2. The fraction of sp³-hybridized carbons (Fsp3) is 0.786. The zero-order valence-electron chi connectivity index (χ0n) is 13.6. The molecule has 0 heterocycles. The Labute approximate surface area is 132 Å². The van der Waals surface area contributed by atoms with Crippen LogP contribution in [0, 0.1) is 5.41 Å². The maximum atomic E-state index is 12.8. The van der Waals surface area contributed by atoms with Crippen LogP contribution < -0.4 is 5.73 Å². The standard InChI is InChI=1S/C14H27N2O5P/c1-4-5-9-20-22(19,13(12(3)18)14(15)16)21-10-7-6-8-11(2)17/h13H,4-10H2,1-3H3,(H3,15,16). The van der Waals surface area contributed by atoms with Crippen molar-refractivity contribution in [3.63, 3.8) is 0 Å². The number of rotatable bonds is 13. The van der Waals surface area contributed by atoms with Crippen LogP contribution in [0.15, 0.2) is 0 Å². The summed E-state index contributed by atoms with van der Waals surface area (Å²) in [5.41, 5.74) is 4.02. The Morgan fingerprint density at radius 3 is 2.09 bits per heavy atom. The summed E-state index contributed by atoms with van der Waals surface area (Å²) >= 11 is 0. The van der Waals surface area contributed by atoms with Gasteiger partial charge in [-0.25, -0.2) is 0 Å². The van der Waals surface area contributed by atoms with E-state index in [0.717, 1.165) is 6.42 Å². The summed E-state index contributed by atoms with van der Waals surface area (Å²) in [4.78, 5) is 22.5. The van der Waals surface area contributed by atoms with Gasteiger partial charge < -0.3 is 19.6 Å². The van der Waals surface area contributed by atoms with Gasteiger partial charge in [-0.15, -0.1) is 0 Å². The average molecular weight is 334 g/mol. The minimum Gasteiger partial charge on any atom is -0.387 e. The topological polar surface area (TPSA) is 120 Å². The molecule has 0 saturated carbocycles. The maximum absolute atomic E-state index is 12.8. The second-order valence-electron chi connectivity index (χ2n) is 5.19. The van der Waals surface area contributed by atoms with E-state index in [1.54, 1.807) is 0 Å². The Morgan fingerprint density at radius 2 is 1.68 bits per heavy atom. The van der Waals surface area contributed by atoms with Crippen molar-refractivity contribution < 1.29 is 23.2 Å². The first kappa shape index (κ1) is 21.0. The van der Waals surface area contributed by atoms with Gasteiger partial charge in [0.05, 0.1) is 13.2 Å². The lowest BCUT2D eigenvalue weighted by Gasteiger charge is -2.24. The summed E-state index contributed by atoms with van der Waals surface area (Å²) < 4.78 is 23.4. The first-order chi connectivity index (χ1) is 10.2. The van der Waals surface area contributed by atoms with Crippen LogP contribution in [-0.2, 0) is 23.2 Å². The largest absolute Gasteiger partial charge is 0.387 e. The third-order valence-electron chi connectivity index (χ3n) is 2.96. The van der Waals surface area contributed by atoms with Crippen LogP contribution in [0.5, 0.6) is 0 Å². The lowest BCUT2D eigenvalue weighted by molar-refractivity contribution is -0.117. The first-order valence-electron chi connectivity index (χ1n) is 7.47. The molecule has 22 heavy (non-hydrogen) atoms. The molecule has 3 N–H and O–H groups in total. The van der Waals surface area contributed by atoms with Gasteiger partial charge in [-0.05, 0) is 33.1 Å². The molecule has 0 amide bonds. The molecule has 0 spiro atoms. The number of carbonyl (C=O) groups is 2. The van der Waals surface area contributed by atoms with Crippen LogP contribution in [-0.4, -0.2) is 36.3 Å². The summed E-state index contributed by atoms with van der Waals surface area (Å²) in [6.45, 7) is 4.93. The van der Waals surface area contributed by atoms with Crippen LogP contribution in [0.25, 0.3) is 0 Å². The van der Waals surface area contributed by atoms with E-state index < -0.39 is 24.9 Å². The van der Waals surface area contributed by atoms with Gasteiger partial charge in [0.15, 0.2) is 11.4 Å². The van der Waals surface area contributed by atoms with Gasteiger partial charge in [0.25, 0.3) is 0 Å². The number of Topliss-reactive ketones (excluding diaryl/α,β-unsaturated/α-hetero) is 2. The van der Waals surface area contributed by atoms with Crippen LogP contribution in [0.4, 0.5) is 0 Å². The summed E-state index contributed by atoms with van der Waals surface area (Å²) in [5, 5.41) is 7.47. The molecule has 0 bridgehead atoms. The smallest absolute Gasteiger partial charge is 0.348 e. The first-order valence-corrected chi connectivity index (χ1v) is 9.08. The SMILES string of the molecule is CCCCOP(=O)(OCCCCC(C)=O)C(C(=N)N)C(C)=O. The number of ketones is 2. The van der Waals surface area contributed by atoms with E-state index in [4.69, 9.17) is 20.2 Å². The molecule has 0 aliphatic carbocycles. The number of carbonyl (C=O) groups excluding carboxylic acids is 2. The minimum atomic E-state index is -3.82. The van der Waals surface area contributed by atoms with Crippen LogP contribution >= 0.6 is 7.60 Å². The van der Waals surface area contributed by atoms with Crippen LogP contribution in [0.1, 0.15) is 52.9 Å². The molecular weight excluding hydrogens is 307 g/mol. The third-order valence-corrected chi connectivity index (χ3v) is 5.32. The van der Waals surface area contributed by atoms with E-state index >= 15 is 0 Å². The van der Waals surface area contributed by atoms with Crippen molar-refractivity contribution in [1.29, 1.82) is 5.41 Å². The monoisotopic (exact) mass is 334 g/mol. The molecule has 2 unspecified atom stereocenters. The highest BCUT2D eigenvalue weighted by Crippen LogP contribution is 2.53. The quantitative estimate of drug-likeness (QED) is 0.231. The van der Waals surface area contributed by atoms with Crippen molar-refractivity contribution in [2.45, 2.75) is 58.5 Å². The lowest BCUT2D eigenvalue weighted by Crippen LogP contribution is -2.35. The van der Waals surface area contributed by atoms with Crippen molar-refractivity contribution in [3.8, 4) is 0 Å². The average Bonchev–Trinajstić information content (AvgIpc) is 2.37. The number of hydrogen-bond donors (Lipinski definition) is 2. The molecule has 0 aromatic carbocycles. The molecule has 0 aliphatic heterocycles. The van der Waals surface area contributed by atoms with E-state index in [2.05, 4.69) is 0 Å². The number of unbranched alkanes of at least 4 members (excludes halogenated alkanes) is 2. The fourth-order valence-electron chi connectivity index (χ4n) is 1.80. The maximum Gasteiger partial charge on any atom is 0.348 e. The molecule has 0 aliphatic rings. The van der Waals surface area contributed by atoms with Crippen LogP contribution in [0.2, 0.25) is 0 Å². The molecule has 8 heteroatoms.